The second kappa shape index (κ2) is 8.27. The lowest BCUT2D eigenvalue weighted by Gasteiger charge is -2.28. The zero-order chi connectivity index (χ0) is 23.2. The summed E-state index contributed by atoms with van der Waals surface area (Å²) in [6.07, 6.45) is 1.62. The zero-order valence-corrected chi connectivity index (χ0v) is 19.6. The van der Waals surface area contributed by atoms with Gasteiger partial charge in [0.25, 0.3) is 0 Å². The van der Waals surface area contributed by atoms with E-state index in [1.165, 1.54) is 6.07 Å². The first-order valence-electron chi connectivity index (χ1n) is 11.2. The molecule has 0 aliphatic carbocycles. The van der Waals surface area contributed by atoms with Crippen LogP contribution in [0.2, 0.25) is 0 Å². The minimum Gasteiger partial charge on any atom is -0.378 e. The predicted octanol–water partition coefficient (Wildman–Crippen LogP) is 4.11. The van der Waals surface area contributed by atoms with E-state index in [0.717, 1.165) is 45.1 Å². The number of aromatic nitrogens is 5. The lowest BCUT2D eigenvalue weighted by Crippen LogP contribution is -2.37. The van der Waals surface area contributed by atoms with Gasteiger partial charge in [0.1, 0.15) is 16.3 Å². The zero-order valence-electron chi connectivity index (χ0n) is 18.8. The summed E-state index contributed by atoms with van der Waals surface area (Å²) in [6.45, 7) is 6.80. The molecule has 5 heterocycles. The van der Waals surface area contributed by atoms with Gasteiger partial charge in [-0.2, -0.15) is 0 Å². The molecule has 0 unspecified atom stereocenters. The Labute approximate surface area is 199 Å². The van der Waals surface area contributed by atoms with Gasteiger partial charge in [0.15, 0.2) is 17.1 Å². The maximum Gasteiger partial charge on any atom is 0.192 e. The maximum atomic E-state index is 12.3. The van der Waals surface area contributed by atoms with Gasteiger partial charge >= 0.3 is 0 Å². The number of aromatic amines is 1. The minimum atomic E-state index is -0.0844. The molecular weight excluding hydrogens is 448 g/mol. The number of aryl methyl sites for hydroxylation is 2. The van der Waals surface area contributed by atoms with Crippen LogP contribution in [0.4, 0.5) is 5.82 Å². The Balaban J connectivity index is 1.59. The van der Waals surface area contributed by atoms with E-state index in [4.69, 9.17) is 24.7 Å². The number of rotatable bonds is 3. The highest BCUT2D eigenvalue weighted by atomic mass is 32.1. The van der Waals surface area contributed by atoms with E-state index in [1.807, 2.05) is 37.3 Å². The molecular formula is C25H22N6O2S. The number of hydrogen-bond acceptors (Lipinski definition) is 8. The smallest absolute Gasteiger partial charge is 0.192 e. The number of anilines is 1. The quantitative estimate of drug-likeness (QED) is 0.424. The number of thiophene rings is 1. The van der Waals surface area contributed by atoms with Crippen LogP contribution in [0.15, 0.2) is 47.4 Å². The molecule has 0 atom stereocenters. The van der Waals surface area contributed by atoms with E-state index in [0.29, 0.717) is 41.6 Å². The number of pyridine rings is 1. The first-order chi connectivity index (χ1) is 16.6. The Hall–Kier alpha value is -3.69. The van der Waals surface area contributed by atoms with Gasteiger partial charge in [-0.1, -0.05) is 30.3 Å². The number of hydrogen-bond donors (Lipinski definition) is 1. The molecule has 1 aliphatic heterocycles. The fourth-order valence-corrected chi connectivity index (χ4v) is 5.51. The fourth-order valence-electron chi connectivity index (χ4n) is 4.40. The topological polar surface area (TPSA) is 96.9 Å². The van der Waals surface area contributed by atoms with Crippen LogP contribution < -0.4 is 10.3 Å². The lowest BCUT2D eigenvalue weighted by molar-refractivity contribution is 0.122. The normalized spacial score (nSPS) is 14.2. The summed E-state index contributed by atoms with van der Waals surface area (Å²) in [4.78, 5) is 38.9. The molecule has 6 rings (SSSR count). The van der Waals surface area contributed by atoms with Crippen LogP contribution in [0.3, 0.4) is 0 Å². The van der Waals surface area contributed by atoms with Crippen LogP contribution in [-0.2, 0) is 4.74 Å². The molecule has 4 aromatic heterocycles. The van der Waals surface area contributed by atoms with Crippen molar-refractivity contribution in [1.82, 2.24) is 24.9 Å². The molecule has 5 aromatic rings. The fraction of sp³-hybridized carbons (Fsp3) is 0.240. The summed E-state index contributed by atoms with van der Waals surface area (Å²) >= 11 is 1.56. The predicted molar refractivity (Wildman–Crippen MR) is 135 cm³/mol. The van der Waals surface area contributed by atoms with Crippen molar-refractivity contribution >= 4 is 38.4 Å². The van der Waals surface area contributed by atoms with E-state index in [9.17, 15) is 4.79 Å². The van der Waals surface area contributed by atoms with E-state index in [1.54, 1.807) is 17.5 Å². The average Bonchev–Trinajstić information content (AvgIpc) is 3.21. The number of nitrogens with zero attached hydrogens (tertiary/aromatic N) is 5. The summed E-state index contributed by atoms with van der Waals surface area (Å²) < 4.78 is 5.59. The summed E-state index contributed by atoms with van der Waals surface area (Å²) in [5.41, 5.74) is 3.12. The number of morpholine rings is 1. The van der Waals surface area contributed by atoms with Gasteiger partial charge in [-0.25, -0.2) is 19.9 Å². The Morgan fingerprint density at radius 2 is 1.74 bits per heavy atom. The van der Waals surface area contributed by atoms with E-state index >= 15 is 0 Å². The third-order valence-corrected chi connectivity index (χ3v) is 7.29. The highest BCUT2D eigenvalue weighted by Gasteiger charge is 2.24. The lowest BCUT2D eigenvalue weighted by atomic mass is 10.1. The Morgan fingerprint density at radius 3 is 2.53 bits per heavy atom. The molecule has 1 aliphatic rings. The molecule has 1 saturated heterocycles. The molecule has 1 N–H and O–H groups in total. The minimum absolute atomic E-state index is 0.0844. The Kier molecular flexibility index (Phi) is 5.08. The summed E-state index contributed by atoms with van der Waals surface area (Å²) in [5, 5.41) is 1.54. The summed E-state index contributed by atoms with van der Waals surface area (Å²) in [5.74, 6) is 2.20. The average molecular weight is 471 g/mol. The highest BCUT2D eigenvalue weighted by molar-refractivity contribution is 7.22. The molecule has 8 nitrogen and oxygen atoms in total. The van der Waals surface area contributed by atoms with E-state index in [-0.39, 0.29) is 5.43 Å². The van der Waals surface area contributed by atoms with Crippen molar-refractivity contribution < 1.29 is 4.74 Å². The number of benzene rings is 1. The van der Waals surface area contributed by atoms with Crippen molar-refractivity contribution in [3.8, 4) is 22.1 Å². The molecule has 1 fully saturated rings. The van der Waals surface area contributed by atoms with Crippen LogP contribution in [0.1, 0.15) is 11.3 Å². The number of ether oxygens (including phenoxy) is 1. The number of nitrogens with one attached hydrogen (secondary N) is 1. The van der Waals surface area contributed by atoms with Crippen molar-refractivity contribution in [2.75, 3.05) is 31.2 Å². The van der Waals surface area contributed by atoms with Crippen LogP contribution in [0.25, 0.3) is 43.3 Å². The Bertz CT molecular complexity index is 1590. The number of H-pyrrole nitrogens is 1. The molecule has 0 bridgehead atoms. The van der Waals surface area contributed by atoms with Crippen molar-refractivity contribution in [3.05, 3.63) is 64.1 Å². The van der Waals surface area contributed by atoms with Crippen molar-refractivity contribution in [2.45, 2.75) is 13.8 Å². The second-order valence-electron chi connectivity index (χ2n) is 8.27. The van der Waals surface area contributed by atoms with E-state index < -0.39 is 0 Å². The summed E-state index contributed by atoms with van der Waals surface area (Å²) in [6, 6.07) is 11.5. The van der Waals surface area contributed by atoms with Crippen LogP contribution in [0, 0.1) is 13.8 Å². The van der Waals surface area contributed by atoms with Gasteiger partial charge in [0.2, 0.25) is 0 Å². The molecule has 9 heteroatoms. The van der Waals surface area contributed by atoms with Gasteiger partial charge < -0.3 is 14.6 Å². The van der Waals surface area contributed by atoms with Crippen LogP contribution in [0.5, 0.6) is 0 Å². The first kappa shape index (κ1) is 20.9. The molecule has 0 radical (unpaired) electrons. The molecule has 0 saturated carbocycles. The van der Waals surface area contributed by atoms with Crippen molar-refractivity contribution in [2.24, 2.45) is 0 Å². The first-order valence-corrected chi connectivity index (χ1v) is 12.0. The molecule has 170 valence electrons. The summed E-state index contributed by atoms with van der Waals surface area (Å²) in [7, 11) is 0. The molecule has 0 amide bonds. The van der Waals surface area contributed by atoms with Crippen molar-refractivity contribution in [1.29, 1.82) is 0 Å². The third-order valence-electron chi connectivity index (χ3n) is 6.11. The van der Waals surface area contributed by atoms with Crippen molar-refractivity contribution in [3.63, 3.8) is 0 Å². The Morgan fingerprint density at radius 1 is 0.941 bits per heavy atom. The van der Waals surface area contributed by atoms with Gasteiger partial charge in [-0.05, 0) is 19.4 Å². The monoisotopic (exact) mass is 470 g/mol. The van der Waals surface area contributed by atoms with Gasteiger partial charge in [-0.3, -0.25) is 4.79 Å². The van der Waals surface area contributed by atoms with Gasteiger partial charge in [0, 0.05) is 30.9 Å². The largest absolute Gasteiger partial charge is 0.378 e. The van der Waals surface area contributed by atoms with Gasteiger partial charge in [-0.15, -0.1) is 11.3 Å². The molecule has 34 heavy (non-hydrogen) atoms. The third kappa shape index (κ3) is 3.44. The molecule has 0 spiro atoms. The van der Waals surface area contributed by atoms with Gasteiger partial charge in [0.05, 0.1) is 34.6 Å². The second-order valence-corrected chi connectivity index (χ2v) is 9.27. The maximum absolute atomic E-state index is 12.3. The molecule has 1 aromatic carbocycles. The standard InChI is InChI=1S/C25H22N6O2S/c1-14-18-24(31-10-12-33-13-11-31)29-21(16-6-4-3-5-7-16)30-25(18)34-20(14)23-27-15(2)19-17(32)8-9-26-22(19)28-23/h3-9H,10-13H2,1-2H3,(H,26,27,28,32). The SMILES string of the molecule is Cc1c(-c2nc(C)c3c(=O)cc[nH]c3n2)sc2nc(-c3ccccc3)nc(N3CCOCC3)c12. The highest BCUT2D eigenvalue weighted by Crippen LogP contribution is 2.41. The van der Waals surface area contributed by atoms with E-state index in [2.05, 4.69) is 16.8 Å². The number of fused-ring (bicyclic) bond motifs is 2. The van der Waals surface area contributed by atoms with Crippen LogP contribution in [-0.4, -0.2) is 51.2 Å². The van der Waals surface area contributed by atoms with Crippen LogP contribution >= 0.6 is 11.3 Å².